The van der Waals surface area contributed by atoms with E-state index in [2.05, 4.69) is 84.3 Å². The third-order valence-corrected chi connectivity index (χ3v) is 15.3. The van der Waals surface area contributed by atoms with Crippen LogP contribution in [0.25, 0.3) is 10.9 Å². The van der Waals surface area contributed by atoms with Crippen molar-refractivity contribution >= 4 is 16.9 Å². The second-order valence-corrected chi connectivity index (χ2v) is 16.9. The first-order chi connectivity index (χ1) is 18.7. The number of nitrogens with zero attached hydrogens (tertiary/aromatic N) is 1. The Balaban J connectivity index is 1.34. The molecule has 2 aromatic rings. The van der Waals surface area contributed by atoms with Crippen LogP contribution in [0.5, 0.6) is 0 Å². The average Bonchev–Trinajstić information content (AvgIpc) is 3.42. The summed E-state index contributed by atoms with van der Waals surface area (Å²) in [7, 11) is 2.30. The summed E-state index contributed by atoms with van der Waals surface area (Å²) in [6, 6.07) is 9.11. The van der Waals surface area contributed by atoms with Gasteiger partial charge in [-0.1, -0.05) is 66.7 Å². The summed E-state index contributed by atoms with van der Waals surface area (Å²) in [5, 5.41) is 12.2. The van der Waals surface area contributed by atoms with Crippen molar-refractivity contribution in [1.82, 2.24) is 4.57 Å². The van der Waals surface area contributed by atoms with Crippen LogP contribution in [0.2, 0.25) is 0 Å². The van der Waals surface area contributed by atoms with Gasteiger partial charge in [-0.25, -0.2) is 0 Å². The Kier molecular flexibility index (Phi) is 5.55. The van der Waals surface area contributed by atoms with Crippen LogP contribution in [-0.4, -0.2) is 15.6 Å². The van der Waals surface area contributed by atoms with Crippen molar-refractivity contribution in [2.75, 3.05) is 0 Å². The van der Waals surface area contributed by atoms with E-state index in [4.69, 9.17) is 0 Å². The van der Waals surface area contributed by atoms with Gasteiger partial charge in [0, 0.05) is 29.1 Å². The molecular weight excluding hydrogens is 490 g/mol. The van der Waals surface area contributed by atoms with Crippen molar-refractivity contribution in [1.29, 1.82) is 0 Å². The van der Waals surface area contributed by atoms with Crippen LogP contribution in [-0.2, 0) is 23.7 Å². The number of carbonyl (C=O) groups is 1. The largest absolute Gasteiger partial charge is 0.481 e. The molecule has 3 heteroatoms. The fraction of sp³-hybridized carbons (Fsp3) is 0.757. The molecule has 1 N–H and O–H groups in total. The van der Waals surface area contributed by atoms with Crippen LogP contribution in [0.4, 0.5) is 0 Å². The number of fused-ring (bicyclic) bond motifs is 10. The van der Waals surface area contributed by atoms with E-state index in [1.165, 1.54) is 43.0 Å². The van der Waals surface area contributed by atoms with E-state index in [0.717, 1.165) is 25.7 Å². The number of hydrogen-bond acceptors (Lipinski definition) is 1. The lowest BCUT2D eigenvalue weighted by atomic mass is 9.32. The van der Waals surface area contributed by atoms with E-state index >= 15 is 0 Å². The van der Waals surface area contributed by atoms with Gasteiger partial charge in [0.1, 0.15) is 0 Å². The highest BCUT2D eigenvalue weighted by molar-refractivity contribution is 5.86. The third kappa shape index (κ3) is 2.96. The molecule has 218 valence electrons. The lowest BCUT2D eigenvalue weighted by Crippen LogP contribution is -2.67. The molecular formula is C37H53NO2. The monoisotopic (exact) mass is 543 g/mol. The first-order valence-corrected chi connectivity index (χ1v) is 16.5. The predicted octanol–water partition coefficient (Wildman–Crippen LogP) is 9.01. The molecule has 9 atom stereocenters. The highest BCUT2D eigenvalue weighted by Gasteiger charge is 2.72. The molecule has 1 heterocycles. The maximum atomic E-state index is 13.0. The van der Waals surface area contributed by atoms with Gasteiger partial charge in [0.05, 0.1) is 5.41 Å². The Morgan fingerprint density at radius 1 is 0.900 bits per heavy atom. The second kappa shape index (κ2) is 8.19. The second-order valence-electron chi connectivity index (χ2n) is 16.9. The number of aromatic nitrogens is 1. The number of para-hydroxylation sites is 1. The quantitative estimate of drug-likeness (QED) is 0.411. The standard InChI is InChI=1S/C37H53NO2/c1-22(2)23-15-18-37(32(39)40)20-19-35(6)26(30(23)37)13-14-29-34(5)21-25-24-11-9-10-12-27(24)38(8)31(25)33(3,4)28(34)16-17-36(29,35)7/h9-12,22-23,26,28-30H,13-21H2,1-8H3,(H,39,40)/t23-,26+,28-,29+,30+,34-,35+,36+,37-/m0/s1. The molecule has 1 aromatic carbocycles. The molecule has 0 amide bonds. The Bertz CT molecular complexity index is 1380. The molecule has 4 saturated carbocycles. The maximum Gasteiger partial charge on any atom is 0.309 e. The molecule has 0 radical (unpaired) electrons. The summed E-state index contributed by atoms with van der Waals surface area (Å²) in [5.41, 5.74) is 4.97. The first kappa shape index (κ1) is 27.1. The van der Waals surface area contributed by atoms with E-state index in [-0.39, 0.29) is 21.7 Å². The van der Waals surface area contributed by atoms with E-state index in [1.807, 2.05) is 0 Å². The van der Waals surface area contributed by atoms with Crippen molar-refractivity contribution in [3.63, 3.8) is 0 Å². The van der Waals surface area contributed by atoms with Gasteiger partial charge in [-0.2, -0.15) is 0 Å². The zero-order valence-corrected chi connectivity index (χ0v) is 26.4. The van der Waals surface area contributed by atoms with Gasteiger partial charge in [-0.15, -0.1) is 0 Å². The first-order valence-electron chi connectivity index (χ1n) is 16.5. The minimum atomic E-state index is -0.483. The van der Waals surface area contributed by atoms with Crippen LogP contribution in [0.3, 0.4) is 0 Å². The van der Waals surface area contributed by atoms with Crippen LogP contribution in [0.15, 0.2) is 24.3 Å². The van der Waals surface area contributed by atoms with E-state index < -0.39 is 11.4 Å². The molecule has 0 spiro atoms. The van der Waals surface area contributed by atoms with Crippen molar-refractivity contribution in [3.05, 3.63) is 35.5 Å². The van der Waals surface area contributed by atoms with Crippen molar-refractivity contribution in [2.45, 2.75) is 112 Å². The van der Waals surface area contributed by atoms with Gasteiger partial charge >= 0.3 is 5.97 Å². The van der Waals surface area contributed by atoms with Crippen LogP contribution < -0.4 is 0 Å². The van der Waals surface area contributed by atoms with Gasteiger partial charge in [0.2, 0.25) is 0 Å². The van der Waals surface area contributed by atoms with Crippen LogP contribution in [0, 0.1) is 57.2 Å². The molecule has 3 nitrogen and oxygen atoms in total. The number of rotatable bonds is 2. The summed E-state index contributed by atoms with van der Waals surface area (Å²) in [5.74, 6) is 2.88. The fourth-order valence-corrected chi connectivity index (χ4v) is 13.6. The topological polar surface area (TPSA) is 42.2 Å². The molecule has 0 saturated heterocycles. The molecule has 7 rings (SSSR count). The molecule has 0 unspecified atom stereocenters. The highest BCUT2D eigenvalue weighted by Crippen LogP contribution is 2.77. The number of carboxylic acids is 1. The lowest BCUT2D eigenvalue weighted by molar-refractivity contribution is -0.230. The van der Waals surface area contributed by atoms with Gasteiger partial charge in [-0.3, -0.25) is 4.79 Å². The lowest BCUT2D eigenvalue weighted by Gasteiger charge is -2.72. The number of aryl methyl sites for hydroxylation is 1. The van der Waals surface area contributed by atoms with Crippen LogP contribution >= 0.6 is 0 Å². The predicted molar refractivity (Wildman–Crippen MR) is 163 cm³/mol. The maximum absolute atomic E-state index is 13.0. The minimum Gasteiger partial charge on any atom is -0.481 e. The Morgan fingerprint density at radius 2 is 1.62 bits per heavy atom. The average molecular weight is 544 g/mol. The summed E-state index contributed by atoms with van der Waals surface area (Å²) in [4.78, 5) is 13.0. The summed E-state index contributed by atoms with van der Waals surface area (Å²) in [6.45, 7) is 17.8. The fourth-order valence-electron chi connectivity index (χ4n) is 13.6. The number of carboxylic acid groups (broad SMARTS) is 1. The number of aliphatic carboxylic acids is 1. The molecule has 0 aliphatic heterocycles. The van der Waals surface area contributed by atoms with Gasteiger partial charge in [-0.05, 0) is 121 Å². The van der Waals surface area contributed by atoms with E-state index in [0.29, 0.717) is 35.5 Å². The van der Waals surface area contributed by atoms with Gasteiger partial charge in [0.25, 0.3) is 0 Å². The Hall–Kier alpha value is -1.77. The minimum absolute atomic E-state index is 0.133. The number of benzene rings is 1. The zero-order chi connectivity index (χ0) is 28.6. The summed E-state index contributed by atoms with van der Waals surface area (Å²) in [6.07, 6.45) is 10.3. The molecule has 5 aliphatic carbocycles. The SMILES string of the molecule is CC(C)[C@@H]1CC[C@]2(C(=O)O)CC[C@]3(C)[C@H](CC[C@@H]4[C@@]5(C)Cc6c(n(C)c7ccccc67)C(C)(C)[C@@H]5CC[C@]43C)[C@@H]12. The normalized spacial score (nSPS) is 45.4. The third-order valence-electron chi connectivity index (χ3n) is 15.3. The molecule has 40 heavy (non-hydrogen) atoms. The molecule has 5 aliphatic rings. The van der Waals surface area contributed by atoms with Crippen molar-refractivity contribution in [3.8, 4) is 0 Å². The summed E-state index contributed by atoms with van der Waals surface area (Å²) < 4.78 is 2.52. The van der Waals surface area contributed by atoms with Gasteiger partial charge < -0.3 is 9.67 Å². The molecule has 4 fully saturated rings. The molecule has 0 bridgehead atoms. The Morgan fingerprint density at radius 3 is 2.33 bits per heavy atom. The van der Waals surface area contributed by atoms with Gasteiger partial charge in [0.15, 0.2) is 0 Å². The zero-order valence-electron chi connectivity index (χ0n) is 26.4. The van der Waals surface area contributed by atoms with Crippen molar-refractivity contribution in [2.24, 2.45) is 64.2 Å². The van der Waals surface area contributed by atoms with E-state index in [1.54, 1.807) is 11.3 Å². The van der Waals surface area contributed by atoms with Crippen molar-refractivity contribution < 1.29 is 9.90 Å². The highest BCUT2D eigenvalue weighted by atomic mass is 16.4. The van der Waals surface area contributed by atoms with Crippen LogP contribution in [0.1, 0.15) is 111 Å². The molecule has 1 aromatic heterocycles. The Labute approximate surface area is 242 Å². The smallest absolute Gasteiger partial charge is 0.309 e. The summed E-state index contributed by atoms with van der Waals surface area (Å²) >= 11 is 0. The van der Waals surface area contributed by atoms with E-state index in [9.17, 15) is 9.90 Å². The number of hydrogen-bond donors (Lipinski definition) is 1.